The van der Waals surface area contributed by atoms with E-state index in [0.717, 1.165) is 6.07 Å². The van der Waals surface area contributed by atoms with Gasteiger partial charge in [-0.1, -0.05) is 12.1 Å². The summed E-state index contributed by atoms with van der Waals surface area (Å²) in [4.78, 5) is 3.51. The first-order valence-corrected chi connectivity index (χ1v) is 7.37. The Morgan fingerprint density at radius 1 is 1.25 bits per heavy atom. The third-order valence-corrected chi connectivity index (χ3v) is 4.36. The second kappa shape index (κ2) is 5.56. The predicted octanol–water partition coefficient (Wildman–Crippen LogP) is 1.84. The smallest absolute Gasteiger partial charge is 0.246 e. The van der Waals surface area contributed by atoms with Gasteiger partial charge in [0.2, 0.25) is 10.0 Å². The lowest BCUT2D eigenvalue weighted by atomic mass is 10.2. The Kier molecular flexibility index (Phi) is 4.01. The summed E-state index contributed by atoms with van der Waals surface area (Å²) in [6, 6.07) is 8.29. The number of hydrogen-bond acceptors (Lipinski definition) is 4. The van der Waals surface area contributed by atoms with Gasteiger partial charge in [-0.3, -0.25) is 4.98 Å². The number of nitrogens with two attached hydrogens (primary N) is 1. The molecule has 1 atom stereocenters. The van der Waals surface area contributed by atoms with Crippen LogP contribution in [0.25, 0.3) is 0 Å². The highest BCUT2D eigenvalue weighted by Crippen LogP contribution is 2.23. The van der Waals surface area contributed by atoms with E-state index in [1.165, 1.54) is 12.1 Å². The van der Waals surface area contributed by atoms with Crippen molar-refractivity contribution in [3.63, 3.8) is 0 Å². The molecule has 0 saturated carbocycles. The first-order chi connectivity index (χ1) is 9.42. The van der Waals surface area contributed by atoms with Gasteiger partial charge < -0.3 is 5.73 Å². The molecule has 1 heterocycles. The largest absolute Gasteiger partial charge is 0.398 e. The van der Waals surface area contributed by atoms with Gasteiger partial charge in [0.05, 0.1) is 17.4 Å². The van der Waals surface area contributed by atoms with Crippen molar-refractivity contribution in [3.8, 4) is 0 Å². The molecule has 20 heavy (non-hydrogen) atoms. The van der Waals surface area contributed by atoms with Gasteiger partial charge in [0.15, 0.2) is 0 Å². The summed E-state index contributed by atoms with van der Waals surface area (Å²) in [6.45, 7) is 1.62. The fourth-order valence-electron chi connectivity index (χ4n) is 1.79. The van der Waals surface area contributed by atoms with Gasteiger partial charge in [-0.25, -0.2) is 17.5 Å². The van der Waals surface area contributed by atoms with Gasteiger partial charge in [0.1, 0.15) is 10.7 Å². The Hall–Kier alpha value is -1.99. The molecule has 0 bridgehead atoms. The quantitative estimate of drug-likeness (QED) is 0.843. The van der Waals surface area contributed by atoms with Crippen LogP contribution in [0.1, 0.15) is 18.7 Å². The first kappa shape index (κ1) is 14.4. The van der Waals surface area contributed by atoms with Crippen LogP contribution in [0.15, 0.2) is 47.5 Å². The number of anilines is 1. The molecule has 0 radical (unpaired) electrons. The number of nitrogens with zero attached hydrogens (tertiary/aromatic N) is 1. The van der Waals surface area contributed by atoms with Crippen molar-refractivity contribution >= 4 is 15.7 Å². The number of hydrogen-bond donors (Lipinski definition) is 2. The summed E-state index contributed by atoms with van der Waals surface area (Å²) < 4.78 is 40.4. The van der Waals surface area contributed by atoms with E-state index in [9.17, 15) is 12.8 Å². The highest BCUT2D eigenvalue weighted by molar-refractivity contribution is 7.89. The van der Waals surface area contributed by atoms with Crippen molar-refractivity contribution < 1.29 is 12.8 Å². The highest BCUT2D eigenvalue weighted by Gasteiger charge is 2.24. The molecule has 0 aliphatic rings. The van der Waals surface area contributed by atoms with Crippen LogP contribution in [0.4, 0.5) is 10.1 Å². The topological polar surface area (TPSA) is 85.1 Å². The van der Waals surface area contributed by atoms with Gasteiger partial charge in [-0.2, -0.15) is 0 Å². The van der Waals surface area contributed by atoms with Crippen molar-refractivity contribution in [1.29, 1.82) is 0 Å². The summed E-state index contributed by atoms with van der Waals surface area (Å²) in [5, 5.41) is 0. The Balaban J connectivity index is 2.33. The van der Waals surface area contributed by atoms with Crippen LogP contribution in [0.2, 0.25) is 0 Å². The Bertz CT molecular complexity index is 685. The number of nitrogens with one attached hydrogen (secondary N) is 1. The Morgan fingerprint density at radius 2 is 2.00 bits per heavy atom. The summed E-state index contributed by atoms with van der Waals surface area (Å²) in [6.07, 6.45) is 1.55. The average Bonchev–Trinajstić information content (AvgIpc) is 2.38. The SMILES string of the molecule is CC(NS(=O)(=O)c1c(N)cccc1F)c1ccccn1. The van der Waals surface area contributed by atoms with E-state index in [1.807, 2.05) is 0 Å². The van der Waals surface area contributed by atoms with Gasteiger partial charge in [0, 0.05) is 6.20 Å². The standard InChI is InChI=1S/C13H14FN3O2S/c1-9(12-7-2-3-8-16-12)17-20(18,19)13-10(14)5-4-6-11(13)15/h2-9,17H,15H2,1H3. The lowest BCUT2D eigenvalue weighted by molar-refractivity contribution is 0.546. The molecule has 0 saturated heterocycles. The molecule has 0 spiro atoms. The van der Waals surface area contributed by atoms with Crippen molar-refractivity contribution in [1.82, 2.24) is 9.71 Å². The third kappa shape index (κ3) is 2.94. The maximum absolute atomic E-state index is 13.7. The lowest BCUT2D eigenvalue weighted by Gasteiger charge is -2.15. The molecule has 3 N–H and O–H groups in total. The normalized spacial score (nSPS) is 13.1. The van der Waals surface area contributed by atoms with Crippen molar-refractivity contribution in [2.24, 2.45) is 0 Å². The van der Waals surface area contributed by atoms with Gasteiger partial charge in [0.25, 0.3) is 0 Å². The van der Waals surface area contributed by atoms with E-state index in [0.29, 0.717) is 5.69 Å². The van der Waals surface area contributed by atoms with E-state index >= 15 is 0 Å². The summed E-state index contributed by atoms with van der Waals surface area (Å²) >= 11 is 0. The van der Waals surface area contributed by atoms with E-state index < -0.39 is 26.8 Å². The zero-order chi connectivity index (χ0) is 14.8. The van der Waals surface area contributed by atoms with Crippen LogP contribution >= 0.6 is 0 Å². The van der Waals surface area contributed by atoms with Crippen LogP contribution in [-0.4, -0.2) is 13.4 Å². The molecule has 7 heteroatoms. The molecule has 5 nitrogen and oxygen atoms in total. The van der Waals surface area contributed by atoms with Crippen molar-refractivity contribution in [2.75, 3.05) is 5.73 Å². The van der Waals surface area contributed by atoms with E-state index in [2.05, 4.69) is 9.71 Å². The number of pyridine rings is 1. The number of nitrogen functional groups attached to an aromatic ring is 1. The van der Waals surface area contributed by atoms with Crippen LogP contribution in [0, 0.1) is 5.82 Å². The van der Waals surface area contributed by atoms with E-state index in [1.54, 1.807) is 31.3 Å². The van der Waals surface area contributed by atoms with Crippen LogP contribution in [0.5, 0.6) is 0 Å². The first-order valence-electron chi connectivity index (χ1n) is 5.89. The Labute approximate surface area is 116 Å². The monoisotopic (exact) mass is 295 g/mol. The fourth-order valence-corrected chi connectivity index (χ4v) is 3.20. The van der Waals surface area contributed by atoms with Crippen molar-refractivity contribution in [3.05, 3.63) is 54.1 Å². The number of aromatic nitrogens is 1. The second-order valence-corrected chi connectivity index (χ2v) is 5.91. The van der Waals surface area contributed by atoms with Gasteiger partial charge >= 0.3 is 0 Å². The third-order valence-electron chi connectivity index (χ3n) is 2.73. The highest BCUT2D eigenvalue weighted by atomic mass is 32.2. The maximum Gasteiger partial charge on any atom is 0.246 e. The molecule has 2 rings (SSSR count). The number of sulfonamides is 1. The molecule has 0 fully saturated rings. The lowest BCUT2D eigenvalue weighted by Crippen LogP contribution is -2.28. The van der Waals surface area contributed by atoms with E-state index in [4.69, 9.17) is 5.73 Å². The molecular formula is C13H14FN3O2S. The molecule has 2 aromatic rings. The molecule has 0 amide bonds. The van der Waals surface area contributed by atoms with Crippen LogP contribution in [0.3, 0.4) is 0 Å². The molecule has 1 aromatic carbocycles. The molecule has 1 aromatic heterocycles. The number of halogens is 1. The Morgan fingerprint density at radius 3 is 2.60 bits per heavy atom. The predicted molar refractivity (Wildman–Crippen MR) is 73.8 cm³/mol. The molecule has 0 aliphatic carbocycles. The minimum absolute atomic E-state index is 0.134. The van der Waals surface area contributed by atoms with Gasteiger partial charge in [-0.15, -0.1) is 0 Å². The molecule has 1 unspecified atom stereocenters. The van der Waals surface area contributed by atoms with E-state index in [-0.39, 0.29) is 5.69 Å². The molecular weight excluding hydrogens is 281 g/mol. The fraction of sp³-hybridized carbons (Fsp3) is 0.154. The maximum atomic E-state index is 13.7. The summed E-state index contributed by atoms with van der Waals surface area (Å²) in [5.74, 6) is -0.884. The average molecular weight is 295 g/mol. The van der Waals surface area contributed by atoms with Crippen molar-refractivity contribution in [2.45, 2.75) is 17.9 Å². The molecule has 106 valence electrons. The van der Waals surface area contributed by atoms with Gasteiger partial charge in [-0.05, 0) is 31.2 Å². The molecule has 0 aliphatic heterocycles. The van der Waals surface area contributed by atoms with Crippen LogP contribution in [-0.2, 0) is 10.0 Å². The number of rotatable bonds is 4. The summed E-state index contributed by atoms with van der Waals surface area (Å²) in [7, 11) is -4.06. The minimum Gasteiger partial charge on any atom is -0.398 e. The number of benzene rings is 1. The zero-order valence-electron chi connectivity index (χ0n) is 10.7. The zero-order valence-corrected chi connectivity index (χ0v) is 11.6. The minimum atomic E-state index is -4.06. The second-order valence-electron chi connectivity index (χ2n) is 4.26. The van der Waals surface area contributed by atoms with Crippen LogP contribution < -0.4 is 10.5 Å². The summed E-state index contributed by atoms with van der Waals surface area (Å²) in [5.41, 5.74) is 5.95.